The first-order chi connectivity index (χ1) is 12.5. The minimum atomic E-state index is -0.287. The van der Waals surface area contributed by atoms with E-state index in [-0.39, 0.29) is 18.4 Å². The fourth-order valence-corrected chi connectivity index (χ4v) is 2.85. The maximum absolute atomic E-state index is 12.7. The van der Waals surface area contributed by atoms with Crippen molar-refractivity contribution in [3.05, 3.63) is 59.8 Å². The van der Waals surface area contributed by atoms with E-state index in [1.165, 1.54) is 4.90 Å². The number of carbonyl (C=O) groups is 2. The van der Waals surface area contributed by atoms with Gasteiger partial charge in [0.05, 0.1) is 24.9 Å². The molecule has 6 heteroatoms. The highest BCUT2D eigenvalue weighted by molar-refractivity contribution is 6.08. The molecule has 0 bridgehead atoms. The Balaban J connectivity index is 1.71. The van der Waals surface area contributed by atoms with Crippen LogP contribution in [0.15, 0.2) is 48.7 Å². The molecule has 2 N–H and O–H groups in total. The smallest absolute Gasteiger partial charge is 0.256 e. The summed E-state index contributed by atoms with van der Waals surface area (Å²) in [5.74, 6) is 0.0768. The van der Waals surface area contributed by atoms with E-state index in [4.69, 9.17) is 4.74 Å². The molecule has 0 saturated carbocycles. The van der Waals surface area contributed by atoms with Gasteiger partial charge in [0.1, 0.15) is 5.75 Å². The van der Waals surface area contributed by atoms with Crippen LogP contribution in [-0.4, -0.2) is 42.4 Å². The van der Waals surface area contributed by atoms with Crippen LogP contribution in [0.5, 0.6) is 5.75 Å². The Morgan fingerprint density at radius 1 is 1.19 bits per heavy atom. The summed E-state index contributed by atoms with van der Waals surface area (Å²) in [5, 5.41) is 3.64. The molecule has 0 aliphatic heterocycles. The first-order valence-electron chi connectivity index (χ1n) is 8.25. The van der Waals surface area contributed by atoms with E-state index in [0.717, 1.165) is 16.5 Å². The fraction of sp³-hybridized carbons (Fsp3) is 0.200. The van der Waals surface area contributed by atoms with Gasteiger partial charge in [0, 0.05) is 24.1 Å². The van der Waals surface area contributed by atoms with Crippen LogP contribution in [0.25, 0.3) is 10.9 Å². The van der Waals surface area contributed by atoms with E-state index in [1.807, 2.05) is 43.3 Å². The van der Waals surface area contributed by atoms with E-state index < -0.39 is 0 Å². The molecule has 0 fully saturated rings. The third kappa shape index (κ3) is 3.54. The van der Waals surface area contributed by atoms with Crippen molar-refractivity contribution in [3.63, 3.8) is 0 Å². The molecule has 3 aromatic rings. The van der Waals surface area contributed by atoms with Crippen LogP contribution in [0.4, 0.5) is 5.69 Å². The number of benzene rings is 2. The average molecular weight is 351 g/mol. The number of anilines is 1. The fourth-order valence-electron chi connectivity index (χ4n) is 2.85. The lowest BCUT2D eigenvalue weighted by Gasteiger charge is -2.17. The Morgan fingerprint density at radius 2 is 1.96 bits per heavy atom. The van der Waals surface area contributed by atoms with E-state index in [9.17, 15) is 9.59 Å². The molecule has 2 amide bonds. The number of H-pyrrole nitrogens is 1. The lowest BCUT2D eigenvalue weighted by atomic mass is 10.1. The largest absolute Gasteiger partial charge is 0.495 e. The molecule has 0 unspecified atom stereocenters. The van der Waals surface area contributed by atoms with Crippen LogP contribution >= 0.6 is 0 Å². The Morgan fingerprint density at radius 3 is 2.73 bits per heavy atom. The van der Waals surface area contributed by atoms with Gasteiger partial charge in [0.2, 0.25) is 5.91 Å². The second kappa shape index (κ2) is 7.31. The molecule has 6 nitrogen and oxygen atoms in total. The number of nitrogens with one attached hydrogen (secondary N) is 2. The van der Waals surface area contributed by atoms with Crippen molar-refractivity contribution in [2.45, 2.75) is 6.92 Å². The van der Waals surface area contributed by atoms with Gasteiger partial charge in [0.15, 0.2) is 0 Å². The predicted octanol–water partition coefficient (Wildman–Crippen LogP) is 3.20. The molecule has 0 saturated heterocycles. The Bertz CT molecular complexity index is 962. The molecule has 0 aliphatic rings. The second-order valence-corrected chi connectivity index (χ2v) is 6.16. The van der Waals surface area contributed by atoms with Crippen molar-refractivity contribution in [1.29, 1.82) is 0 Å². The predicted molar refractivity (Wildman–Crippen MR) is 102 cm³/mol. The van der Waals surface area contributed by atoms with Gasteiger partial charge < -0.3 is 19.9 Å². The number of rotatable bonds is 5. The van der Waals surface area contributed by atoms with Crippen LogP contribution < -0.4 is 10.1 Å². The number of amides is 2. The van der Waals surface area contributed by atoms with Gasteiger partial charge in [-0.3, -0.25) is 9.59 Å². The van der Waals surface area contributed by atoms with Crippen molar-refractivity contribution in [2.75, 3.05) is 26.0 Å². The van der Waals surface area contributed by atoms with Crippen molar-refractivity contribution < 1.29 is 14.3 Å². The molecule has 0 spiro atoms. The molecule has 1 aromatic heterocycles. The van der Waals surface area contributed by atoms with Crippen LogP contribution in [-0.2, 0) is 4.79 Å². The quantitative estimate of drug-likeness (QED) is 0.741. The zero-order chi connectivity index (χ0) is 18.7. The monoisotopic (exact) mass is 351 g/mol. The lowest BCUT2D eigenvalue weighted by Crippen LogP contribution is -2.34. The Labute approximate surface area is 151 Å². The molecule has 134 valence electrons. The average Bonchev–Trinajstić information content (AvgIpc) is 3.05. The first-order valence-corrected chi connectivity index (χ1v) is 8.25. The summed E-state index contributed by atoms with van der Waals surface area (Å²) in [5.41, 5.74) is 3.03. The summed E-state index contributed by atoms with van der Waals surface area (Å²) in [6.07, 6.45) is 1.67. The number of likely N-dealkylation sites (N-methyl/N-ethyl adjacent to an activating group) is 1. The zero-order valence-corrected chi connectivity index (χ0v) is 15.0. The molecule has 0 atom stereocenters. The minimum Gasteiger partial charge on any atom is -0.495 e. The van der Waals surface area contributed by atoms with Gasteiger partial charge in [0.25, 0.3) is 5.91 Å². The molecule has 0 aliphatic carbocycles. The van der Waals surface area contributed by atoms with Gasteiger partial charge >= 0.3 is 0 Å². The molecule has 26 heavy (non-hydrogen) atoms. The Hall–Kier alpha value is -3.28. The number of fused-ring (bicyclic) bond motifs is 1. The summed E-state index contributed by atoms with van der Waals surface area (Å²) in [6, 6.07) is 13.1. The number of methoxy groups -OCH3 is 1. The van der Waals surface area contributed by atoms with Crippen LogP contribution in [0.2, 0.25) is 0 Å². The van der Waals surface area contributed by atoms with Crippen molar-refractivity contribution in [3.8, 4) is 5.75 Å². The SMILES string of the molecule is COc1ccc(C)cc1NC(=O)CN(C)C(=O)c1c[nH]c2ccccc12. The summed E-state index contributed by atoms with van der Waals surface area (Å²) in [6.45, 7) is 1.87. The van der Waals surface area contributed by atoms with E-state index >= 15 is 0 Å². The topological polar surface area (TPSA) is 74.4 Å². The van der Waals surface area contributed by atoms with E-state index in [2.05, 4.69) is 10.3 Å². The first kappa shape index (κ1) is 17.5. The highest BCUT2D eigenvalue weighted by atomic mass is 16.5. The number of aromatic amines is 1. The standard InChI is InChI=1S/C20H21N3O3/c1-13-8-9-18(26-3)17(10-13)22-19(24)12-23(2)20(25)15-11-21-16-7-5-4-6-14(15)16/h4-11,21H,12H2,1-3H3,(H,22,24). The van der Waals surface area contributed by atoms with Gasteiger partial charge in [-0.1, -0.05) is 24.3 Å². The highest BCUT2D eigenvalue weighted by Crippen LogP contribution is 2.25. The normalized spacial score (nSPS) is 10.6. The minimum absolute atomic E-state index is 0.0601. The van der Waals surface area contributed by atoms with Crippen molar-refractivity contribution in [2.24, 2.45) is 0 Å². The van der Waals surface area contributed by atoms with Crippen molar-refractivity contribution >= 4 is 28.4 Å². The summed E-state index contributed by atoms with van der Waals surface area (Å²) in [4.78, 5) is 29.5. The summed E-state index contributed by atoms with van der Waals surface area (Å²) >= 11 is 0. The van der Waals surface area contributed by atoms with Crippen LogP contribution in [0, 0.1) is 6.92 Å². The third-order valence-corrected chi connectivity index (χ3v) is 4.18. The highest BCUT2D eigenvalue weighted by Gasteiger charge is 2.19. The summed E-state index contributed by atoms with van der Waals surface area (Å²) < 4.78 is 5.26. The lowest BCUT2D eigenvalue weighted by molar-refractivity contribution is -0.116. The molecular formula is C20H21N3O3. The number of ether oxygens (including phenoxy) is 1. The number of carbonyl (C=O) groups excluding carboxylic acids is 2. The number of hydrogen-bond acceptors (Lipinski definition) is 3. The molecular weight excluding hydrogens is 330 g/mol. The number of hydrogen-bond donors (Lipinski definition) is 2. The van der Waals surface area contributed by atoms with Gasteiger partial charge in [-0.25, -0.2) is 0 Å². The number of aryl methyl sites for hydroxylation is 1. The van der Waals surface area contributed by atoms with Gasteiger partial charge in [-0.05, 0) is 30.7 Å². The van der Waals surface area contributed by atoms with Crippen LogP contribution in [0.3, 0.4) is 0 Å². The van der Waals surface area contributed by atoms with Gasteiger partial charge in [-0.15, -0.1) is 0 Å². The van der Waals surface area contributed by atoms with Crippen molar-refractivity contribution in [1.82, 2.24) is 9.88 Å². The molecule has 0 radical (unpaired) electrons. The van der Waals surface area contributed by atoms with Gasteiger partial charge in [-0.2, -0.15) is 0 Å². The number of para-hydroxylation sites is 1. The maximum Gasteiger partial charge on any atom is 0.256 e. The Kier molecular flexibility index (Phi) is 4.93. The zero-order valence-electron chi connectivity index (χ0n) is 15.0. The molecule has 1 heterocycles. The maximum atomic E-state index is 12.7. The van der Waals surface area contributed by atoms with E-state index in [1.54, 1.807) is 26.4 Å². The molecule has 3 rings (SSSR count). The molecule has 2 aromatic carbocycles. The van der Waals surface area contributed by atoms with Crippen LogP contribution in [0.1, 0.15) is 15.9 Å². The number of aromatic nitrogens is 1. The van der Waals surface area contributed by atoms with E-state index in [0.29, 0.717) is 17.0 Å². The summed E-state index contributed by atoms with van der Waals surface area (Å²) in [7, 11) is 3.16. The third-order valence-electron chi connectivity index (χ3n) is 4.18. The number of nitrogens with zero attached hydrogens (tertiary/aromatic N) is 1. The second-order valence-electron chi connectivity index (χ2n) is 6.16.